The Kier molecular flexibility index (Phi) is 17.0. The van der Waals surface area contributed by atoms with Gasteiger partial charge in [-0.2, -0.15) is 0 Å². The van der Waals surface area contributed by atoms with Gasteiger partial charge in [-0.05, 0) is 30.7 Å². The zero-order chi connectivity index (χ0) is 18.6. The highest BCUT2D eigenvalue weighted by Crippen LogP contribution is 2.19. The van der Waals surface area contributed by atoms with Crippen LogP contribution in [0.25, 0.3) is 0 Å². The van der Waals surface area contributed by atoms with Crippen molar-refractivity contribution in [2.24, 2.45) is 0 Å². The van der Waals surface area contributed by atoms with Gasteiger partial charge in [-0.25, -0.2) is 0 Å². The van der Waals surface area contributed by atoms with Crippen molar-refractivity contribution in [3.63, 3.8) is 0 Å². The molecular formula is C20H30O5. The van der Waals surface area contributed by atoms with E-state index in [0.29, 0.717) is 6.61 Å². The molecule has 0 aliphatic rings. The largest absolute Gasteiger partial charge is 0.457 e. The van der Waals surface area contributed by atoms with E-state index in [0.717, 1.165) is 30.9 Å². The van der Waals surface area contributed by atoms with Crippen LogP contribution in [0.2, 0.25) is 0 Å². The van der Waals surface area contributed by atoms with Gasteiger partial charge in [0.05, 0.1) is 26.4 Å². The minimum absolute atomic E-state index is 0.125. The number of hydrogen-bond acceptors (Lipinski definition) is 5. The van der Waals surface area contributed by atoms with Crippen LogP contribution in [0.1, 0.15) is 19.8 Å². The monoisotopic (exact) mass is 350 g/mol. The van der Waals surface area contributed by atoms with Crippen molar-refractivity contribution < 1.29 is 24.8 Å². The minimum Gasteiger partial charge on any atom is -0.457 e. The zero-order valence-electron chi connectivity index (χ0n) is 14.9. The highest BCUT2D eigenvalue weighted by molar-refractivity contribution is 5.30. The quantitative estimate of drug-likeness (QED) is 0.637. The highest BCUT2D eigenvalue weighted by atomic mass is 16.5. The van der Waals surface area contributed by atoms with Gasteiger partial charge < -0.3 is 24.8 Å². The van der Waals surface area contributed by atoms with Crippen LogP contribution in [-0.2, 0) is 4.74 Å². The summed E-state index contributed by atoms with van der Waals surface area (Å²) in [5.41, 5.74) is 0. The number of hydrogen-bond donors (Lipinski definition) is 3. The Morgan fingerprint density at radius 1 is 0.680 bits per heavy atom. The van der Waals surface area contributed by atoms with Crippen LogP contribution in [0.3, 0.4) is 0 Å². The van der Waals surface area contributed by atoms with Crippen LogP contribution in [0.5, 0.6) is 11.5 Å². The molecular weight excluding hydrogens is 320 g/mol. The molecule has 0 saturated heterocycles. The predicted molar refractivity (Wildman–Crippen MR) is 99.9 cm³/mol. The third kappa shape index (κ3) is 15.4. The lowest BCUT2D eigenvalue weighted by Crippen LogP contribution is -1.99. The van der Waals surface area contributed by atoms with Crippen LogP contribution >= 0.6 is 0 Å². The summed E-state index contributed by atoms with van der Waals surface area (Å²) < 4.78 is 10.6. The van der Waals surface area contributed by atoms with Crippen LogP contribution in [0.15, 0.2) is 60.7 Å². The number of aliphatic hydroxyl groups excluding tert-OH is 3. The summed E-state index contributed by atoms with van der Waals surface area (Å²) in [7, 11) is 0. The van der Waals surface area contributed by atoms with Crippen LogP contribution in [-0.4, -0.2) is 48.4 Å². The molecule has 0 amide bonds. The average Bonchev–Trinajstić information content (AvgIpc) is 2.68. The summed E-state index contributed by atoms with van der Waals surface area (Å²) in [6, 6.07) is 19.5. The topological polar surface area (TPSA) is 79.2 Å². The molecule has 3 N–H and O–H groups in total. The van der Waals surface area contributed by atoms with Crippen molar-refractivity contribution in [1.29, 1.82) is 0 Å². The first-order valence-electron chi connectivity index (χ1n) is 8.46. The molecule has 0 radical (unpaired) electrons. The Labute approximate surface area is 150 Å². The van der Waals surface area contributed by atoms with Gasteiger partial charge in [-0.1, -0.05) is 49.7 Å². The van der Waals surface area contributed by atoms with E-state index in [1.54, 1.807) is 0 Å². The second-order valence-electron chi connectivity index (χ2n) is 4.86. The van der Waals surface area contributed by atoms with E-state index in [2.05, 4.69) is 6.92 Å². The van der Waals surface area contributed by atoms with Gasteiger partial charge in [-0.3, -0.25) is 0 Å². The molecule has 140 valence electrons. The van der Waals surface area contributed by atoms with Gasteiger partial charge in [0.15, 0.2) is 0 Å². The van der Waals surface area contributed by atoms with Gasteiger partial charge in [0, 0.05) is 6.61 Å². The number of rotatable bonds is 8. The summed E-state index contributed by atoms with van der Waals surface area (Å²) in [6.07, 6.45) is 2.26. The summed E-state index contributed by atoms with van der Waals surface area (Å²) in [4.78, 5) is 0. The third-order valence-electron chi connectivity index (χ3n) is 2.70. The second-order valence-corrected chi connectivity index (χ2v) is 4.86. The van der Waals surface area contributed by atoms with E-state index in [1.165, 1.54) is 0 Å². The fourth-order valence-electron chi connectivity index (χ4n) is 1.53. The number of ether oxygens (including phenoxy) is 2. The van der Waals surface area contributed by atoms with E-state index in [1.807, 2.05) is 60.7 Å². The molecule has 0 heterocycles. The first-order valence-corrected chi connectivity index (χ1v) is 8.46. The molecule has 25 heavy (non-hydrogen) atoms. The lowest BCUT2D eigenvalue weighted by atomic mass is 10.3. The Morgan fingerprint density at radius 3 is 1.52 bits per heavy atom. The van der Waals surface area contributed by atoms with E-state index in [-0.39, 0.29) is 19.8 Å². The zero-order valence-corrected chi connectivity index (χ0v) is 14.9. The highest BCUT2D eigenvalue weighted by Gasteiger charge is 1.92. The van der Waals surface area contributed by atoms with Crippen molar-refractivity contribution >= 4 is 0 Å². The summed E-state index contributed by atoms with van der Waals surface area (Å²) in [5, 5.41) is 23.5. The lowest BCUT2D eigenvalue weighted by molar-refractivity contribution is 0.0904. The molecule has 0 bridgehead atoms. The van der Waals surface area contributed by atoms with Crippen molar-refractivity contribution in [1.82, 2.24) is 0 Å². The van der Waals surface area contributed by atoms with Crippen molar-refractivity contribution in [2.45, 2.75) is 19.8 Å². The van der Waals surface area contributed by atoms with E-state index >= 15 is 0 Å². The molecule has 2 aromatic rings. The lowest BCUT2D eigenvalue weighted by Gasteiger charge is -2.03. The first-order chi connectivity index (χ1) is 12.3. The number of aliphatic hydroxyl groups is 3. The molecule has 5 nitrogen and oxygen atoms in total. The fraction of sp³-hybridized carbons (Fsp3) is 0.400. The smallest absolute Gasteiger partial charge is 0.127 e. The fourth-order valence-corrected chi connectivity index (χ4v) is 1.53. The molecule has 5 heteroatoms. The summed E-state index contributed by atoms with van der Waals surface area (Å²) in [6.45, 7) is 3.28. The van der Waals surface area contributed by atoms with Crippen molar-refractivity contribution in [2.75, 3.05) is 33.0 Å². The number of unbranched alkanes of at least 4 members (excludes halogenated alkanes) is 1. The van der Waals surface area contributed by atoms with Crippen LogP contribution in [0, 0.1) is 0 Å². The number of para-hydroxylation sites is 2. The maximum absolute atomic E-state index is 8.24. The molecule has 0 unspecified atom stereocenters. The van der Waals surface area contributed by atoms with Gasteiger partial charge >= 0.3 is 0 Å². The van der Waals surface area contributed by atoms with E-state index < -0.39 is 0 Å². The molecule has 0 atom stereocenters. The molecule has 0 aromatic heterocycles. The molecule has 0 saturated carbocycles. The Bertz CT molecular complexity index is 430. The van der Waals surface area contributed by atoms with E-state index in [9.17, 15) is 0 Å². The minimum atomic E-state index is -0.125. The van der Waals surface area contributed by atoms with Crippen LogP contribution in [0.4, 0.5) is 0 Å². The molecule has 0 fully saturated rings. The molecule has 2 rings (SSSR count). The average molecular weight is 350 g/mol. The first kappa shape index (κ1) is 23.1. The second kappa shape index (κ2) is 18.4. The van der Waals surface area contributed by atoms with Gasteiger partial charge in [0.25, 0.3) is 0 Å². The standard InChI is InChI=1S/C12H10O.C6H14O2.C2H6O2/c1-3-7-11(8-4-1)13-12-9-5-2-6-10-12;1-2-3-5-8-6-4-7;3-1-2-4/h1-10H;7H,2-6H2,1H3;3-4H,1-2H2. The summed E-state index contributed by atoms with van der Waals surface area (Å²) in [5.74, 6) is 1.74. The molecule has 0 aliphatic carbocycles. The number of benzene rings is 2. The molecule has 0 spiro atoms. The van der Waals surface area contributed by atoms with Gasteiger partial charge in [0.2, 0.25) is 0 Å². The SMILES string of the molecule is CCCCOCCO.OCCO.c1ccc(Oc2ccccc2)cc1. The van der Waals surface area contributed by atoms with Crippen molar-refractivity contribution in [3.05, 3.63) is 60.7 Å². The maximum atomic E-state index is 8.24. The third-order valence-corrected chi connectivity index (χ3v) is 2.70. The molecule has 0 aliphatic heterocycles. The maximum Gasteiger partial charge on any atom is 0.127 e. The van der Waals surface area contributed by atoms with Crippen LogP contribution < -0.4 is 4.74 Å². The summed E-state index contributed by atoms with van der Waals surface area (Å²) >= 11 is 0. The van der Waals surface area contributed by atoms with Gasteiger partial charge in [0.1, 0.15) is 11.5 Å². The Balaban J connectivity index is 0.000000413. The predicted octanol–water partition coefficient (Wildman–Crippen LogP) is 3.25. The Morgan fingerprint density at radius 2 is 1.16 bits per heavy atom. The van der Waals surface area contributed by atoms with Crippen molar-refractivity contribution in [3.8, 4) is 11.5 Å². The van der Waals surface area contributed by atoms with Gasteiger partial charge in [-0.15, -0.1) is 0 Å². The normalized spacial score (nSPS) is 9.28. The molecule has 2 aromatic carbocycles. The van der Waals surface area contributed by atoms with E-state index in [4.69, 9.17) is 24.8 Å². The Hall–Kier alpha value is -1.92.